The summed E-state index contributed by atoms with van der Waals surface area (Å²) >= 11 is 0. The molecule has 26 heavy (non-hydrogen) atoms. The molecule has 0 bridgehead atoms. The number of aromatic amines is 2. The van der Waals surface area contributed by atoms with E-state index in [2.05, 4.69) is 63.0 Å². The minimum atomic E-state index is 0.385. The van der Waals surface area contributed by atoms with Crippen LogP contribution in [0, 0.1) is 0 Å². The van der Waals surface area contributed by atoms with Gasteiger partial charge in [-0.15, -0.1) is 0 Å². The summed E-state index contributed by atoms with van der Waals surface area (Å²) in [7, 11) is 0. The number of imidazole rings is 2. The van der Waals surface area contributed by atoms with Crippen LogP contribution < -0.4 is 5.73 Å². The number of nitrogens with one attached hydrogen (secondary N) is 2. The minimum absolute atomic E-state index is 0.385. The number of hydrogen-bond acceptors (Lipinski definition) is 4. The van der Waals surface area contributed by atoms with Crippen molar-refractivity contribution in [3.8, 4) is 33.8 Å². The summed E-state index contributed by atoms with van der Waals surface area (Å²) in [5.41, 5.74) is 11.6. The van der Waals surface area contributed by atoms with E-state index in [-0.39, 0.29) is 0 Å². The van der Waals surface area contributed by atoms with E-state index in [4.69, 9.17) is 5.73 Å². The third-order valence-electron chi connectivity index (χ3n) is 4.30. The number of rotatable bonds is 4. The van der Waals surface area contributed by atoms with Gasteiger partial charge in [-0.3, -0.25) is 4.98 Å². The standard InChI is InChI=1S/C20H20N6/c1-12(2)19-23-10-17(25-19)14-5-3-13(4-6-14)16-8-7-15(9-22-16)18-11-24-20(21)26-18/h3-12H,1-2H3,(H,23,25)(H3,21,24,26). The summed E-state index contributed by atoms with van der Waals surface area (Å²) in [6.07, 6.45) is 5.41. The molecule has 0 aliphatic rings. The molecule has 0 aliphatic heterocycles. The number of hydrogen-bond donors (Lipinski definition) is 3. The summed E-state index contributed by atoms with van der Waals surface area (Å²) < 4.78 is 0. The maximum Gasteiger partial charge on any atom is 0.197 e. The smallest absolute Gasteiger partial charge is 0.197 e. The minimum Gasteiger partial charge on any atom is -0.369 e. The molecule has 0 atom stereocenters. The number of anilines is 1. The Labute approximate surface area is 151 Å². The Kier molecular flexibility index (Phi) is 4.01. The monoisotopic (exact) mass is 344 g/mol. The lowest BCUT2D eigenvalue weighted by Gasteiger charge is -2.04. The van der Waals surface area contributed by atoms with Gasteiger partial charge >= 0.3 is 0 Å². The fourth-order valence-corrected chi connectivity index (χ4v) is 2.80. The zero-order chi connectivity index (χ0) is 18.1. The predicted molar refractivity (Wildman–Crippen MR) is 103 cm³/mol. The summed E-state index contributed by atoms with van der Waals surface area (Å²) in [6.45, 7) is 4.25. The van der Waals surface area contributed by atoms with E-state index in [1.807, 2.05) is 24.5 Å². The van der Waals surface area contributed by atoms with Crippen molar-refractivity contribution in [2.24, 2.45) is 0 Å². The number of pyridine rings is 1. The first kappa shape index (κ1) is 16.1. The normalized spacial score (nSPS) is 11.2. The fourth-order valence-electron chi connectivity index (χ4n) is 2.80. The van der Waals surface area contributed by atoms with Crippen molar-refractivity contribution < 1.29 is 0 Å². The Morgan fingerprint density at radius 3 is 1.96 bits per heavy atom. The second-order valence-electron chi connectivity index (χ2n) is 6.53. The number of H-pyrrole nitrogens is 2. The highest BCUT2D eigenvalue weighted by Gasteiger charge is 2.08. The van der Waals surface area contributed by atoms with E-state index in [9.17, 15) is 0 Å². The van der Waals surface area contributed by atoms with Crippen molar-refractivity contribution in [3.63, 3.8) is 0 Å². The Balaban J connectivity index is 1.56. The van der Waals surface area contributed by atoms with Crippen LogP contribution in [0.1, 0.15) is 25.6 Å². The van der Waals surface area contributed by atoms with Gasteiger partial charge in [0.15, 0.2) is 5.95 Å². The third kappa shape index (κ3) is 3.09. The van der Waals surface area contributed by atoms with Crippen molar-refractivity contribution >= 4 is 5.95 Å². The van der Waals surface area contributed by atoms with Crippen LogP contribution in [-0.4, -0.2) is 24.9 Å². The topological polar surface area (TPSA) is 96.3 Å². The number of nitrogens with zero attached hydrogens (tertiary/aromatic N) is 3. The second-order valence-corrected chi connectivity index (χ2v) is 6.53. The van der Waals surface area contributed by atoms with Crippen LogP contribution >= 0.6 is 0 Å². The molecule has 0 spiro atoms. The molecule has 1 aromatic carbocycles. The quantitative estimate of drug-likeness (QED) is 0.516. The highest BCUT2D eigenvalue weighted by molar-refractivity contribution is 5.68. The molecule has 3 heterocycles. The molecule has 0 aliphatic carbocycles. The Hall–Kier alpha value is -3.41. The summed E-state index contributed by atoms with van der Waals surface area (Å²) in [5.74, 6) is 1.79. The van der Waals surface area contributed by atoms with Gasteiger partial charge in [-0.2, -0.15) is 0 Å². The lowest BCUT2D eigenvalue weighted by atomic mass is 10.1. The molecule has 6 nitrogen and oxygen atoms in total. The van der Waals surface area contributed by atoms with Gasteiger partial charge in [0.1, 0.15) is 5.82 Å². The number of benzene rings is 1. The Morgan fingerprint density at radius 1 is 0.731 bits per heavy atom. The van der Waals surface area contributed by atoms with Gasteiger partial charge < -0.3 is 15.7 Å². The van der Waals surface area contributed by atoms with Gasteiger partial charge in [0.25, 0.3) is 0 Å². The highest BCUT2D eigenvalue weighted by Crippen LogP contribution is 2.25. The van der Waals surface area contributed by atoms with Crippen LogP contribution in [0.2, 0.25) is 0 Å². The van der Waals surface area contributed by atoms with Crippen molar-refractivity contribution in [1.29, 1.82) is 0 Å². The van der Waals surface area contributed by atoms with Crippen molar-refractivity contribution in [2.45, 2.75) is 19.8 Å². The molecule has 6 heteroatoms. The molecular formula is C20H20N6. The third-order valence-corrected chi connectivity index (χ3v) is 4.30. The average molecular weight is 344 g/mol. The maximum atomic E-state index is 5.62. The van der Waals surface area contributed by atoms with E-state index in [0.717, 1.165) is 39.6 Å². The van der Waals surface area contributed by atoms with Gasteiger partial charge in [0, 0.05) is 23.2 Å². The molecule has 4 N–H and O–H groups in total. The zero-order valence-corrected chi connectivity index (χ0v) is 14.7. The van der Waals surface area contributed by atoms with Crippen molar-refractivity contribution in [2.75, 3.05) is 5.73 Å². The Morgan fingerprint density at radius 2 is 1.38 bits per heavy atom. The molecule has 130 valence electrons. The van der Waals surface area contributed by atoms with Gasteiger partial charge in [-0.1, -0.05) is 38.1 Å². The maximum absolute atomic E-state index is 5.62. The largest absolute Gasteiger partial charge is 0.369 e. The van der Waals surface area contributed by atoms with Crippen LogP contribution in [-0.2, 0) is 0 Å². The number of nitrogens with two attached hydrogens (primary N) is 1. The van der Waals surface area contributed by atoms with Crippen molar-refractivity contribution in [1.82, 2.24) is 24.9 Å². The lowest BCUT2D eigenvalue weighted by molar-refractivity contribution is 0.795. The first-order chi connectivity index (χ1) is 12.6. The molecule has 0 amide bonds. The Bertz CT molecular complexity index is 1010. The molecule has 0 unspecified atom stereocenters. The number of nitrogen functional groups attached to an aromatic ring is 1. The molecule has 0 radical (unpaired) electrons. The summed E-state index contributed by atoms with van der Waals surface area (Å²) in [4.78, 5) is 19.4. The average Bonchev–Trinajstić information content (AvgIpc) is 3.31. The molecule has 0 saturated carbocycles. The van der Waals surface area contributed by atoms with Crippen LogP contribution in [0.3, 0.4) is 0 Å². The fraction of sp³-hybridized carbons (Fsp3) is 0.150. The summed E-state index contributed by atoms with van der Waals surface area (Å²) in [5, 5.41) is 0. The van der Waals surface area contributed by atoms with Gasteiger partial charge in [0.2, 0.25) is 0 Å². The first-order valence-corrected chi connectivity index (χ1v) is 8.53. The van der Waals surface area contributed by atoms with Crippen LogP contribution in [0.15, 0.2) is 55.0 Å². The van der Waals surface area contributed by atoms with Crippen LogP contribution in [0.4, 0.5) is 5.95 Å². The van der Waals surface area contributed by atoms with E-state index in [1.165, 1.54) is 0 Å². The molecule has 0 fully saturated rings. The van der Waals surface area contributed by atoms with Gasteiger partial charge in [0.05, 0.1) is 29.5 Å². The predicted octanol–water partition coefficient (Wildman–Crippen LogP) is 4.23. The molecular weight excluding hydrogens is 324 g/mol. The van der Waals surface area contributed by atoms with Gasteiger partial charge in [-0.25, -0.2) is 9.97 Å². The van der Waals surface area contributed by atoms with E-state index in [1.54, 1.807) is 6.20 Å². The SMILES string of the molecule is CC(C)c1ncc(-c2ccc(-c3ccc(-c4cnc(N)[nH]4)cn3)cc2)[nH]1. The molecule has 3 aromatic heterocycles. The van der Waals surface area contributed by atoms with Crippen LogP contribution in [0.25, 0.3) is 33.8 Å². The molecule has 0 saturated heterocycles. The molecule has 4 aromatic rings. The van der Waals surface area contributed by atoms with E-state index in [0.29, 0.717) is 11.9 Å². The van der Waals surface area contributed by atoms with Gasteiger partial charge in [-0.05, 0) is 17.7 Å². The molecule has 4 rings (SSSR count). The van der Waals surface area contributed by atoms with Crippen LogP contribution in [0.5, 0.6) is 0 Å². The summed E-state index contributed by atoms with van der Waals surface area (Å²) in [6, 6.07) is 12.3. The lowest BCUT2D eigenvalue weighted by Crippen LogP contribution is -1.89. The second kappa shape index (κ2) is 6.48. The first-order valence-electron chi connectivity index (χ1n) is 8.53. The number of aromatic nitrogens is 5. The van der Waals surface area contributed by atoms with Crippen molar-refractivity contribution in [3.05, 3.63) is 60.8 Å². The van der Waals surface area contributed by atoms with E-state index >= 15 is 0 Å². The van der Waals surface area contributed by atoms with E-state index < -0.39 is 0 Å². The highest BCUT2D eigenvalue weighted by atomic mass is 15.0. The zero-order valence-electron chi connectivity index (χ0n) is 14.7.